The number of alkyl halides is 4. The van der Waals surface area contributed by atoms with Crippen LogP contribution in [0.15, 0.2) is 18.2 Å². The predicted octanol–water partition coefficient (Wildman–Crippen LogP) is 5.23. The Morgan fingerprint density at radius 3 is 2.30 bits per heavy atom. The van der Waals surface area contributed by atoms with Crippen LogP contribution in [0.25, 0.3) is 0 Å². The standard InChI is InChI=1S/C15H19BrF3N/c1-14(2)5-7-20(8-6-14)12-4-3-11(10-16)13(9-12)15(17,18)19/h3-4,9H,5-8,10H2,1-2H3. The van der Waals surface area contributed by atoms with Gasteiger partial charge in [0.2, 0.25) is 0 Å². The molecule has 0 spiro atoms. The van der Waals surface area contributed by atoms with Crippen molar-refractivity contribution in [1.82, 2.24) is 0 Å². The lowest BCUT2D eigenvalue weighted by Gasteiger charge is -2.38. The van der Waals surface area contributed by atoms with Gasteiger partial charge in [-0.05, 0) is 36.0 Å². The molecule has 1 heterocycles. The van der Waals surface area contributed by atoms with Crippen LogP contribution >= 0.6 is 15.9 Å². The molecule has 0 N–H and O–H groups in total. The zero-order chi connectivity index (χ0) is 15.0. The molecule has 0 saturated carbocycles. The first-order chi connectivity index (χ1) is 9.23. The van der Waals surface area contributed by atoms with Crippen molar-refractivity contribution in [3.63, 3.8) is 0 Å². The number of rotatable bonds is 2. The molecule has 0 aliphatic carbocycles. The number of nitrogens with zero attached hydrogens (tertiary/aromatic N) is 1. The summed E-state index contributed by atoms with van der Waals surface area (Å²) >= 11 is 3.12. The third-order valence-electron chi connectivity index (χ3n) is 4.02. The van der Waals surface area contributed by atoms with Gasteiger partial charge in [-0.25, -0.2) is 0 Å². The normalized spacial score (nSPS) is 19.2. The van der Waals surface area contributed by atoms with Crippen LogP contribution in [0, 0.1) is 5.41 Å². The number of halogens is 4. The van der Waals surface area contributed by atoms with Gasteiger partial charge in [0, 0.05) is 24.1 Å². The minimum Gasteiger partial charge on any atom is -0.371 e. The van der Waals surface area contributed by atoms with Crippen molar-refractivity contribution >= 4 is 21.6 Å². The Balaban J connectivity index is 2.26. The Bertz CT molecular complexity index is 472. The smallest absolute Gasteiger partial charge is 0.371 e. The fraction of sp³-hybridized carbons (Fsp3) is 0.600. The SMILES string of the molecule is CC1(C)CCN(c2ccc(CBr)c(C(F)(F)F)c2)CC1. The maximum absolute atomic E-state index is 13.1. The molecule has 0 amide bonds. The monoisotopic (exact) mass is 349 g/mol. The highest BCUT2D eigenvalue weighted by molar-refractivity contribution is 9.08. The molecular formula is C15H19BrF3N. The first-order valence-electron chi connectivity index (χ1n) is 6.74. The fourth-order valence-electron chi connectivity index (χ4n) is 2.51. The van der Waals surface area contributed by atoms with Gasteiger partial charge in [0.1, 0.15) is 0 Å². The maximum atomic E-state index is 13.1. The van der Waals surface area contributed by atoms with Gasteiger partial charge in [-0.15, -0.1) is 0 Å². The molecule has 112 valence electrons. The predicted molar refractivity (Wildman–Crippen MR) is 79.3 cm³/mol. The highest BCUT2D eigenvalue weighted by atomic mass is 79.9. The Morgan fingerprint density at radius 2 is 1.80 bits per heavy atom. The van der Waals surface area contributed by atoms with E-state index in [0.717, 1.165) is 25.9 Å². The van der Waals surface area contributed by atoms with Crippen LogP contribution in [0.3, 0.4) is 0 Å². The highest BCUT2D eigenvalue weighted by Crippen LogP contribution is 2.37. The van der Waals surface area contributed by atoms with Gasteiger partial charge in [-0.3, -0.25) is 0 Å². The zero-order valence-electron chi connectivity index (χ0n) is 11.7. The minimum absolute atomic E-state index is 0.217. The number of piperidine rings is 1. The van der Waals surface area contributed by atoms with E-state index in [4.69, 9.17) is 0 Å². The molecule has 0 bridgehead atoms. The molecule has 1 fully saturated rings. The summed E-state index contributed by atoms with van der Waals surface area (Å²) in [5.41, 5.74) is 0.729. The molecule has 0 unspecified atom stereocenters. The maximum Gasteiger partial charge on any atom is 0.416 e. The average Bonchev–Trinajstić information content (AvgIpc) is 2.37. The number of hydrogen-bond donors (Lipinski definition) is 0. The van der Waals surface area contributed by atoms with Crippen LogP contribution in [-0.2, 0) is 11.5 Å². The molecule has 1 aliphatic heterocycles. The van der Waals surface area contributed by atoms with Crippen LogP contribution in [0.1, 0.15) is 37.8 Å². The summed E-state index contributed by atoms with van der Waals surface area (Å²) in [5, 5.41) is 0.217. The van der Waals surface area contributed by atoms with Gasteiger partial charge < -0.3 is 4.90 Å². The molecular weight excluding hydrogens is 331 g/mol. The summed E-state index contributed by atoms with van der Waals surface area (Å²) in [4.78, 5) is 2.05. The van der Waals surface area contributed by atoms with E-state index in [1.54, 1.807) is 12.1 Å². The Morgan fingerprint density at radius 1 is 1.20 bits per heavy atom. The van der Waals surface area contributed by atoms with Crippen molar-refractivity contribution in [2.45, 2.75) is 38.2 Å². The number of benzene rings is 1. The van der Waals surface area contributed by atoms with Gasteiger partial charge in [-0.1, -0.05) is 35.8 Å². The van der Waals surface area contributed by atoms with Crippen molar-refractivity contribution < 1.29 is 13.2 Å². The van der Waals surface area contributed by atoms with E-state index < -0.39 is 11.7 Å². The molecule has 1 aromatic rings. The van der Waals surface area contributed by atoms with Crippen molar-refractivity contribution in [2.24, 2.45) is 5.41 Å². The lowest BCUT2D eigenvalue weighted by molar-refractivity contribution is -0.138. The second kappa shape index (κ2) is 5.58. The molecule has 1 aliphatic rings. The zero-order valence-corrected chi connectivity index (χ0v) is 13.3. The third-order valence-corrected chi connectivity index (χ3v) is 4.63. The molecule has 0 radical (unpaired) electrons. The van der Waals surface area contributed by atoms with Crippen molar-refractivity contribution in [1.29, 1.82) is 0 Å². The number of anilines is 1. The van der Waals surface area contributed by atoms with Crippen molar-refractivity contribution in [2.75, 3.05) is 18.0 Å². The molecule has 5 heteroatoms. The van der Waals surface area contributed by atoms with Crippen LogP contribution in [0.5, 0.6) is 0 Å². The van der Waals surface area contributed by atoms with Gasteiger partial charge >= 0.3 is 6.18 Å². The molecule has 2 rings (SSSR count). The quantitative estimate of drug-likeness (QED) is 0.661. The van der Waals surface area contributed by atoms with E-state index in [-0.39, 0.29) is 5.33 Å². The first kappa shape index (κ1) is 15.7. The molecule has 1 nitrogen and oxygen atoms in total. The Hall–Kier alpha value is -0.710. The lowest BCUT2D eigenvalue weighted by Crippen LogP contribution is -2.37. The van der Waals surface area contributed by atoms with Gasteiger partial charge in [0.25, 0.3) is 0 Å². The van der Waals surface area contributed by atoms with E-state index in [0.29, 0.717) is 16.7 Å². The minimum atomic E-state index is -4.30. The van der Waals surface area contributed by atoms with E-state index in [2.05, 4.69) is 34.7 Å². The first-order valence-corrected chi connectivity index (χ1v) is 7.86. The van der Waals surface area contributed by atoms with Gasteiger partial charge in [-0.2, -0.15) is 13.2 Å². The summed E-state index contributed by atoms with van der Waals surface area (Å²) in [6.45, 7) is 6.05. The average molecular weight is 350 g/mol. The summed E-state index contributed by atoms with van der Waals surface area (Å²) in [7, 11) is 0. The van der Waals surface area contributed by atoms with Crippen LogP contribution in [-0.4, -0.2) is 13.1 Å². The van der Waals surface area contributed by atoms with E-state index in [9.17, 15) is 13.2 Å². The second-order valence-corrected chi connectivity index (χ2v) is 6.68. The summed E-state index contributed by atoms with van der Waals surface area (Å²) in [5.74, 6) is 0. The molecule has 1 saturated heterocycles. The molecule has 1 aromatic carbocycles. The lowest BCUT2D eigenvalue weighted by atomic mass is 9.82. The van der Waals surface area contributed by atoms with E-state index in [1.165, 1.54) is 6.07 Å². The van der Waals surface area contributed by atoms with Crippen LogP contribution < -0.4 is 4.90 Å². The van der Waals surface area contributed by atoms with Gasteiger partial charge in [0.05, 0.1) is 5.56 Å². The van der Waals surface area contributed by atoms with E-state index >= 15 is 0 Å². The summed E-state index contributed by atoms with van der Waals surface area (Å²) in [6.07, 6.45) is -2.28. The van der Waals surface area contributed by atoms with Crippen LogP contribution in [0.2, 0.25) is 0 Å². The van der Waals surface area contributed by atoms with Crippen molar-refractivity contribution in [3.8, 4) is 0 Å². The molecule has 0 aromatic heterocycles. The molecule has 20 heavy (non-hydrogen) atoms. The number of hydrogen-bond acceptors (Lipinski definition) is 1. The largest absolute Gasteiger partial charge is 0.416 e. The van der Waals surface area contributed by atoms with Crippen LogP contribution in [0.4, 0.5) is 18.9 Å². The second-order valence-electron chi connectivity index (χ2n) is 6.12. The van der Waals surface area contributed by atoms with Gasteiger partial charge in [0.15, 0.2) is 0 Å². The van der Waals surface area contributed by atoms with Crippen molar-refractivity contribution in [3.05, 3.63) is 29.3 Å². The fourth-order valence-corrected chi connectivity index (χ4v) is 3.00. The summed E-state index contributed by atoms with van der Waals surface area (Å²) < 4.78 is 39.2. The topological polar surface area (TPSA) is 3.24 Å². The Labute approximate surface area is 126 Å². The third kappa shape index (κ3) is 3.48. The summed E-state index contributed by atoms with van der Waals surface area (Å²) in [6, 6.07) is 4.66. The highest BCUT2D eigenvalue weighted by Gasteiger charge is 2.34. The molecule has 0 atom stereocenters. The Kier molecular flexibility index (Phi) is 4.38. The van der Waals surface area contributed by atoms with E-state index in [1.807, 2.05) is 0 Å².